The molecule has 4 N–H and O–H groups in total. The number of rotatable bonds is 5. The molecule has 0 aromatic heterocycles. The highest BCUT2D eigenvalue weighted by atomic mass is 35.5. The Morgan fingerprint density at radius 3 is 2.52 bits per heavy atom. The van der Waals surface area contributed by atoms with Crippen LogP contribution in [-0.4, -0.2) is 29.8 Å². The van der Waals surface area contributed by atoms with Gasteiger partial charge in [-0.15, -0.1) is 12.4 Å². The minimum absolute atomic E-state index is 0. The van der Waals surface area contributed by atoms with E-state index in [1.807, 2.05) is 24.3 Å². The summed E-state index contributed by atoms with van der Waals surface area (Å²) in [6.07, 6.45) is 6.41. The number of anilines is 1. The summed E-state index contributed by atoms with van der Waals surface area (Å²) in [5, 5.41) is 13.0. The monoisotopic (exact) mass is 368 g/mol. The van der Waals surface area contributed by atoms with Gasteiger partial charge in [0.25, 0.3) is 0 Å². The van der Waals surface area contributed by atoms with E-state index in [9.17, 15) is 9.90 Å². The van der Waals surface area contributed by atoms with Crippen LogP contribution in [0.15, 0.2) is 24.3 Å². The van der Waals surface area contributed by atoms with Gasteiger partial charge in [-0.1, -0.05) is 12.8 Å². The van der Waals surface area contributed by atoms with Crippen LogP contribution in [0.25, 0.3) is 0 Å². The number of nitrogens with one attached hydrogen (secondary N) is 1. The maximum Gasteiger partial charge on any atom is 0.227 e. The predicted molar refractivity (Wildman–Crippen MR) is 101 cm³/mol. The van der Waals surface area contributed by atoms with Crippen LogP contribution in [0, 0.1) is 11.8 Å². The largest absolute Gasteiger partial charge is 0.488 e. The number of benzene rings is 1. The second-order valence-corrected chi connectivity index (χ2v) is 7.05. The van der Waals surface area contributed by atoms with Crippen molar-refractivity contribution in [3.8, 4) is 5.75 Å². The minimum atomic E-state index is -0.381. The molecule has 0 aliphatic heterocycles. The van der Waals surface area contributed by atoms with Gasteiger partial charge < -0.3 is 20.9 Å². The van der Waals surface area contributed by atoms with Crippen LogP contribution >= 0.6 is 12.4 Å². The fraction of sp³-hybridized carbons (Fsp3) is 0.632. The summed E-state index contributed by atoms with van der Waals surface area (Å²) in [5.74, 6) is 1.14. The van der Waals surface area contributed by atoms with Gasteiger partial charge >= 0.3 is 0 Å². The fourth-order valence-corrected chi connectivity index (χ4v) is 3.91. The second kappa shape index (κ2) is 9.41. The summed E-state index contributed by atoms with van der Waals surface area (Å²) in [7, 11) is 0. The summed E-state index contributed by atoms with van der Waals surface area (Å²) in [6, 6.07) is 7.42. The first kappa shape index (κ1) is 20.0. The van der Waals surface area contributed by atoms with Crippen molar-refractivity contribution in [3.05, 3.63) is 24.3 Å². The Balaban J connectivity index is 0.00000225. The quantitative estimate of drug-likeness (QED) is 0.745. The van der Waals surface area contributed by atoms with Gasteiger partial charge in [-0.25, -0.2) is 0 Å². The molecule has 3 rings (SSSR count). The van der Waals surface area contributed by atoms with Crippen LogP contribution in [0.3, 0.4) is 0 Å². The maximum atomic E-state index is 12.4. The number of hydrogen-bond acceptors (Lipinski definition) is 4. The number of carbonyl (C=O) groups is 1. The highest BCUT2D eigenvalue weighted by Crippen LogP contribution is 2.32. The highest BCUT2D eigenvalue weighted by Gasteiger charge is 2.32. The molecule has 0 saturated heterocycles. The van der Waals surface area contributed by atoms with E-state index in [2.05, 4.69) is 5.32 Å². The third-order valence-corrected chi connectivity index (χ3v) is 5.38. The normalized spacial score (nSPS) is 28.9. The standard InChI is InChI=1S/C19H28N2O3.ClH/c20-12-13-4-3-5-16(13)19(23)21-14-8-10-15(11-9-14)24-18-7-2-1-6-17(18)22;/h8-11,13,16-18,22H,1-7,12,20H2,(H,21,23);1H/t13-,16-,17?,18?;/m1./s1. The molecule has 2 aliphatic rings. The van der Waals surface area contributed by atoms with Crippen molar-refractivity contribution in [2.75, 3.05) is 11.9 Å². The third kappa shape index (κ3) is 5.09. The molecule has 0 radical (unpaired) electrons. The lowest BCUT2D eigenvalue weighted by atomic mass is 9.95. The van der Waals surface area contributed by atoms with Crippen molar-refractivity contribution in [1.29, 1.82) is 0 Å². The van der Waals surface area contributed by atoms with Gasteiger partial charge in [0.15, 0.2) is 0 Å². The van der Waals surface area contributed by atoms with Crippen molar-refractivity contribution in [2.24, 2.45) is 17.6 Å². The molecule has 1 aromatic rings. The fourth-order valence-electron chi connectivity index (χ4n) is 3.91. The molecule has 1 aromatic carbocycles. The van der Waals surface area contributed by atoms with Crippen LogP contribution in [0.5, 0.6) is 5.75 Å². The predicted octanol–water partition coefficient (Wildman–Crippen LogP) is 3.10. The lowest BCUT2D eigenvalue weighted by Gasteiger charge is -2.28. The Bertz CT molecular complexity index is 552. The zero-order valence-electron chi connectivity index (χ0n) is 14.5. The molecule has 6 heteroatoms. The Morgan fingerprint density at radius 1 is 1.12 bits per heavy atom. The molecule has 2 unspecified atom stereocenters. The van der Waals surface area contributed by atoms with Crippen molar-refractivity contribution in [1.82, 2.24) is 0 Å². The first-order valence-corrected chi connectivity index (χ1v) is 9.13. The van der Waals surface area contributed by atoms with Gasteiger partial charge in [0, 0.05) is 11.6 Å². The molecule has 1 amide bonds. The maximum absolute atomic E-state index is 12.4. The average Bonchev–Trinajstić information content (AvgIpc) is 3.07. The summed E-state index contributed by atoms with van der Waals surface area (Å²) in [4.78, 5) is 12.4. The van der Waals surface area contributed by atoms with E-state index >= 15 is 0 Å². The lowest BCUT2D eigenvalue weighted by Crippen LogP contribution is -2.34. The number of hydrogen-bond donors (Lipinski definition) is 3. The van der Waals surface area contributed by atoms with E-state index in [0.717, 1.165) is 56.4 Å². The first-order chi connectivity index (χ1) is 11.7. The van der Waals surface area contributed by atoms with E-state index in [0.29, 0.717) is 12.5 Å². The van der Waals surface area contributed by atoms with Gasteiger partial charge in [0.1, 0.15) is 11.9 Å². The Labute approximate surface area is 155 Å². The number of ether oxygens (including phenoxy) is 1. The molecule has 2 aliphatic carbocycles. The van der Waals surface area contributed by atoms with Crippen LogP contribution < -0.4 is 15.8 Å². The van der Waals surface area contributed by atoms with Crippen LogP contribution in [0.2, 0.25) is 0 Å². The second-order valence-electron chi connectivity index (χ2n) is 7.05. The Kier molecular flexibility index (Phi) is 7.54. The van der Waals surface area contributed by atoms with Gasteiger partial charge in [-0.3, -0.25) is 4.79 Å². The SMILES string of the molecule is Cl.NC[C@H]1CCC[C@H]1C(=O)Nc1ccc(OC2CCCCC2O)cc1. The van der Waals surface area contributed by atoms with E-state index < -0.39 is 0 Å². The smallest absolute Gasteiger partial charge is 0.227 e. The number of amides is 1. The van der Waals surface area contributed by atoms with Gasteiger partial charge in [0.2, 0.25) is 5.91 Å². The number of halogens is 1. The van der Waals surface area contributed by atoms with Gasteiger partial charge in [-0.2, -0.15) is 0 Å². The highest BCUT2D eigenvalue weighted by molar-refractivity contribution is 5.93. The molecule has 25 heavy (non-hydrogen) atoms. The van der Waals surface area contributed by atoms with E-state index in [1.54, 1.807) is 0 Å². The molecule has 4 atom stereocenters. The number of aliphatic hydroxyl groups is 1. The summed E-state index contributed by atoms with van der Waals surface area (Å²) >= 11 is 0. The molecule has 5 nitrogen and oxygen atoms in total. The van der Waals surface area contributed by atoms with Crippen LogP contribution in [0.4, 0.5) is 5.69 Å². The molecule has 140 valence electrons. The number of carbonyl (C=O) groups excluding carboxylic acids is 1. The van der Waals surface area contributed by atoms with Crippen molar-refractivity contribution < 1.29 is 14.6 Å². The van der Waals surface area contributed by atoms with Gasteiger partial charge in [0.05, 0.1) is 6.10 Å². The lowest BCUT2D eigenvalue weighted by molar-refractivity contribution is -0.120. The van der Waals surface area contributed by atoms with Crippen molar-refractivity contribution in [3.63, 3.8) is 0 Å². The summed E-state index contributed by atoms with van der Waals surface area (Å²) in [6.45, 7) is 0.578. The molecular weight excluding hydrogens is 340 g/mol. The van der Waals surface area contributed by atoms with Crippen molar-refractivity contribution in [2.45, 2.75) is 57.2 Å². The zero-order chi connectivity index (χ0) is 16.9. The van der Waals surface area contributed by atoms with Crippen molar-refractivity contribution >= 4 is 24.0 Å². The molecule has 0 heterocycles. The van der Waals surface area contributed by atoms with Gasteiger partial charge in [-0.05, 0) is 68.8 Å². The third-order valence-electron chi connectivity index (χ3n) is 5.38. The molecule has 2 fully saturated rings. The van der Waals surface area contributed by atoms with E-state index in [4.69, 9.17) is 10.5 Å². The summed E-state index contributed by atoms with van der Waals surface area (Å²) < 4.78 is 5.88. The summed E-state index contributed by atoms with van der Waals surface area (Å²) in [5.41, 5.74) is 6.54. The topological polar surface area (TPSA) is 84.6 Å². The minimum Gasteiger partial charge on any atom is -0.488 e. The molecule has 2 saturated carbocycles. The molecule has 0 spiro atoms. The van der Waals surface area contributed by atoms with Crippen LogP contribution in [-0.2, 0) is 4.79 Å². The Hall–Kier alpha value is -1.30. The van der Waals surface area contributed by atoms with E-state index in [1.165, 1.54) is 0 Å². The number of nitrogens with two attached hydrogens (primary N) is 1. The first-order valence-electron chi connectivity index (χ1n) is 9.13. The zero-order valence-corrected chi connectivity index (χ0v) is 15.3. The molecule has 0 bridgehead atoms. The van der Waals surface area contributed by atoms with Crippen LogP contribution in [0.1, 0.15) is 44.9 Å². The Morgan fingerprint density at radius 2 is 1.84 bits per heavy atom. The molecular formula is C19H29ClN2O3. The van der Waals surface area contributed by atoms with E-state index in [-0.39, 0.29) is 36.4 Å². The average molecular weight is 369 g/mol. The number of aliphatic hydroxyl groups excluding tert-OH is 1.